The molecule has 2 aliphatic rings. The van der Waals surface area contributed by atoms with E-state index in [1.165, 1.54) is 11.3 Å². The number of thiophene rings is 1. The topological polar surface area (TPSA) is 40.5 Å². The molecule has 0 aromatic carbocycles. The van der Waals surface area contributed by atoms with Crippen molar-refractivity contribution in [3.05, 3.63) is 28.0 Å². The van der Waals surface area contributed by atoms with Gasteiger partial charge in [0.05, 0.1) is 5.60 Å². The summed E-state index contributed by atoms with van der Waals surface area (Å²) in [4.78, 5) is 16.6. The molecule has 2 fully saturated rings. The number of piperidine rings is 1. The van der Waals surface area contributed by atoms with Gasteiger partial charge < -0.3 is 10.0 Å². The second-order valence-corrected chi connectivity index (χ2v) is 7.68. The number of hydrogen-bond donors (Lipinski definition) is 1. The minimum atomic E-state index is -0.510. The van der Waals surface area contributed by atoms with Gasteiger partial charge in [0.25, 0.3) is 0 Å². The Labute approximate surface area is 130 Å². The summed E-state index contributed by atoms with van der Waals surface area (Å²) in [6, 6.07) is 4.11. The van der Waals surface area contributed by atoms with E-state index in [2.05, 4.69) is 13.0 Å². The molecule has 1 N–H and O–H groups in total. The SMILES string of the molecule is Cc1ccc(/C=C/C(=O)N2CCC3(O)CCCCC3C2)s1. The molecule has 3 nitrogen and oxygen atoms in total. The number of fused-ring (bicyclic) bond motifs is 1. The molecule has 1 aliphatic carbocycles. The first-order valence-corrected chi connectivity index (χ1v) is 8.64. The monoisotopic (exact) mass is 305 g/mol. The van der Waals surface area contributed by atoms with Gasteiger partial charge in [-0.05, 0) is 44.4 Å². The van der Waals surface area contributed by atoms with Gasteiger partial charge in [-0.2, -0.15) is 0 Å². The predicted octanol–water partition coefficient (Wildman–Crippen LogP) is 3.22. The van der Waals surface area contributed by atoms with Crippen molar-refractivity contribution in [1.29, 1.82) is 0 Å². The van der Waals surface area contributed by atoms with E-state index in [0.29, 0.717) is 13.1 Å². The fourth-order valence-electron chi connectivity index (χ4n) is 3.57. The fraction of sp³-hybridized carbons (Fsp3) is 0.588. The van der Waals surface area contributed by atoms with Crippen LogP contribution >= 0.6 is 11.3 Å². The quantitative estimate of drug-likeness (QED) is 0.852. The van der Waals surface area contributed by atoms with Gasteiger partial charge in [0.2, 0.25) is 5.91 Å². The average Bonchev–Trinajstić information content (AvgIpc) is 2.89. The van der Waals surface area contributed by atoms with Crippen LogP contribution in [0.5, 0.6) is 0 Å². The van der Waals surface area contributed by atoms with Crippen molar-refractivity contribution in [2.75, 3.05) is 13.1 Å². The van der Waals surface area contributed by atoms with Crippen molar-refractivity contribution >= 4 is 23.3 Å². The minimum absolute atomic E-state index is 0.0775. The Kier molecular flexibility index (Phi) is 4.18. The molecular formula is C17H23NO2S. The van der Waals surface area contributed by atoms with Crippen LogP contribution in [0.2, 0.25) is 0 Å². The molecule has 1 saturated heterocycles. The van der Waals surface area contributed by atoms with Gasteiger partial charge in [-0.15, -0.1) is 11.3 Å². The first-order valence-electron chi connectivity index (χ1n) is 7.83. The Bertz CT molecular complexity index is 551. The number of nitrogens with zero attached hydrogens (tertiary/aromatic N) is 1. The smallest absolute Gasteiger partial charge is 0.246 e. The highest BCUT2D eigenvalue weighted by Gasteiger charge is 2.43. The van der Waals surface area contributed by atoms with Crippen LogP contribution in [0.4, 0.5) is 0 Å². The van der Waals surface area contributed by atoms with E-state index in [1.807, 2.05) is 17.0 Å². The van der Waals surface area contributed by atoms with Crippen molar-refractivity contribution < 1.29 is 9.90 Å². The lowest BCUT2D eigenvalue weighted by molar-refractivity contribution is -0.138. The highest BCUT2D eigenvalue weighted by molar-refractivity contribution is 7.12. The number of aliphatic hydroxyl groups is 1. The number of carbonyl (C=O) groups is 1. The Morgan fingerprint density at radius 2 is 2.29 bits per heavy atom. The molecule has 0 spiro atoms. The summed E-state index contributed by atoms with van der Waals surface area (Å²) in [5.74, 6) is 0.343. The van der Waals surface area contributed by atoms with Gasteiger partial charge >= 0.3 is 0 Å². The number of aryl methyl sites for hydroxylation is 1. The van der Waals surface area contributed by atoms with Gasteiger partial charge in [0.1, 0.15) is 0 Å². The van der Waals surface area contributed by atoms with Gasteiger partial charge in [-0.25, -0.2) is 0 Å². The molecule has 4 heteroatoms. The largest absolute Gasteiger partial charge is 0.389 e. The van der Waals surface area contributed by atoms with Gasteiger partial charge in [0.15, 0.2) is 0 Å². The van der Waals surface area contributed by atoms with Crippen LogP contribution < -0.4 is 0 Å². The van der Waals surface area contributed by atoms with E-state index in [-0.39, 0.29) is 11.8 Å². The number of amides is 1. The summed E-state index contributed by atoms with van der Waals surface area (Å²) in [7, 11) is 0. The zero-order chi connectivity index (χ0) is 14.9. The molecule has 1 aromatic rings. The summed E-state index contributed by atoms with van der Waals surface area (Å²) in [5.41, 5.74) is -0.510. The lowest BCUT2D eigenvalue weighted by Crippen LogP contribution is -2.54. The second-order valence-electron chi connectivity index (χ2n) is 6.36. The molecule has 0 bridgehead atoms. The standard InChI is InChI=1S/C17H23NO2S/c1-13-5-6-15(21-13)7-8-16(19)18-11-10-17(20)9-3-2-4-14(17)12-18/h5-8,14,20H,2-4,9-12H2,1H3/b8-7+. The summed E-state index contributed by atoms with van der Waals surface area (Å²) in [6.45, 7) is 3.46. The Morgan fingerprint density at radius 1 is 1.43 bits per heavy atom. The van der Waals surface area contributed by atoms with Gasteiger partial charge in [-0.1, -0.05) is 12.8 Å². The molecule has 1 amide bonds. The zero-order valence-corrected chi connectivity index (χ0v) is 13.4. The van der Waals surface area contributed by atoms with Gasteiger partial charge in [0, 0.05) is 34.8 Å². The molecule has 1 aromatic heterocycles. The van der Waals surface area contributed by atoms with Crippen LogP contribution in [0.3, 0.4) is 0 Å². The molecule has 2 atom stereocenters. The highest BCUT2D eigenvalue weighted by atomic mass is 32.1. The van der Waals surface area contributed by atoms with E-state index < -0.39 is 5.60 Å². The highest BCUT2D eigenvalue weighted by Crippen LogP contribution is 2.39. The van der Waals surface area contributed by atoms with E-state index in [0.717, 1.165) is 30.6 Å². The Balaban J connectivity index is 1.62. The summed E-state index contributed by atoms with van der Waals surface area (Å²) in [5, 5.41) is 10.6. The number of carbonyl (C=O) groups excluding carboxylic acids is 1. The third-order valence-corrected chi connectivity index (χ3v) is 5.86. The third kappa shape index (κ3) is 3.22. The molecule has 2 heterocycles. The first-order chi connectivity index (χ1) is 10.1. The molecule has 0 radical (unpaired) electrons. The number of likely N-dealkylation sites (tertiary alicyclic amines) is 1. The molecular weight excluding hydrogens is 282 g/mol. The summed E-state index contributed by atoms with van der Waals surface area (Å²) in [6.07, 6.45) is 8.57. The lowest BCUT2D eigenvalue weighted by Gasteiger charge is -2.47. The second kappa shape index (κ2) is 5.93. The van der Waals surface area contributed by atoms with Gasteiger partial charge in [-0.3, -0.25) is 4.79 Å². The lowest BCUT2D eigenvalue weighted by atomic mass is 9.71. The maximum atomic E-state index is 12.3. The fourth-order valence-corrected chi connectivity index (χ4v) is 4.35. The molecule has 1 aliphatic heterocycles. The van der Waals surface area contributed by atoms with Crippen molar-refractivity contribution in [3.63, 3.8) is 0 Å². The maximum absolute atomic E-state index is 12.3. The first kappa shape index (κ1) is 14.8. The van der Waals surface area contributed by atoms with E-state index >= 15 is 0 Å². The van der Waals surface area contributed by atoms with Crippen molar-refractivity contribution in [2.24, 2.45) is 5.92 Å². The molecule has 21 heavy (non-hydrogen) atoms. The maximum Gasteiger partial charge on any atom is 0.246 e. The Hall–Kier alpha value is -1.13. The number of rotatable bonds is 2. The Morgan fingerprint density at radius 3 is 3.05 bits per heavy atom. The third-order valence-electron chi connectivity index (χ3n) is 4.89. The number of hydrogen-bond acceptors (Lipinski definition) is 3. The van der Waals surface area contributed by atoms with E-state index in [4.69, 9.17) is 0 Å². The average molecular weight is 305 g/mol. The van der Waals surface area contributed by atoms with Crippen molar-refractivity contribution in [1.82, 2.24) is 4.90 Å². The van der Waals surface area contributed by atoms with Crippen LogP contribution in [-0.2, 0) is 4.79 Å². The van der Waals surface area contributed by atoms with E-state index in [9.17, 15) is 9.90 Å². The molecule has 114 valence electrons. The molecule has 3 rings (SSSR count). The van der Waals surface area contributed by atoms with Crippen LogP contribution in [0, 0.1) is 12.8 Å². The van der Waals surface area contributed by atoms with Crippen LogP contribution in [0.25, 0.3) is 6.08 Å². The predicted molar refractivity (Wildman–Crippen MR) is 86.2 cm³/mol. The molecule has 1 saturated carbocycles. The molecule has 2 unspecified atom stereocenters. The van der Waals surface area contributed by atoms with E-state index in [1.54, 1.807) is 17.4 Å². The summed E-state index contributed by atoms with van der Waals surface area (Å²) < 4.78 is 0. The van der Waals surface area contributed by atoms with Crippen LogP contribution in [0.15, 0.2) is 18.2 Å². The summed E-state index contributed by atoms with van der Waals surface area (Å²) >= 11 is 1.70. The minimum Gasteiger partial charge on any atom is -0.389 e. The van der Waals surface area contributed by atoms with Crippen LogP contribution in [0.1, 0.15) is 41.9 Å². The van der Waals surface area contributed by atoms with Crippen molar-refractivity contribution in [2.45, 2.75) is 44.6 Å². The van der Waals surface area contributed by atoms with Crippen LogP contribution in [-0.4, -0.2) is 34.6 Å². The van der Waals surface area contributed by atoms with Crippen molar-refractivity contribution in [3.8, 4) is 0 Å². The normalized spacial score (nSPS) is 29.6. The zero-order valence-electron chi connectivity index (χ0n) is 12.5.